The van der Waals surface area contributed by atoms with Gasteiger partial charge in [-0.2, -0.15) is 0 Å². The Bertz CT molecular complexity index is 936. The first kappa shape index (κ1) is 61.8. The zero-order chi connectivity index (χ0) is 45.8. The highest BCUT2D eigenvalue weighted by molar-refractivity contribution is 5.76. The van der Waals surface area contributed by atoms with Crippen LogP contribution in [-0.4, -0.2) is 46.1 Å². The molecule has 5 heteroatoms. The maximum absolute atomic E-state index is 12.5. The fourth-order valence-corrected chi connectivity index (χ4v) is 9.12. The van der Waals surface area contributed by atoms with Gasteiger partial charge in [-0.05, 0) is 51.4 Å². The summed E-state index contributed by atoms with van der Waals surface area (Å²) in [6, 6.07) is -0.830. The molecule has 0 aromatic heterocycles. The Kier molecular flexibility index (Phi) is 52.5. The summed E-state index contributed by atoms with van der Waals surface area (Å²) in [4.78, 5) is 12.5. The van der Waals surface area contributed by atoms with Crippen molar-refractivity contribution in [2.24, 2.45) is 0 Å². The van der Waals surface area contributed by atoms with E-state index >= 15 is 0 Å². The molecule has 0 aliphatic rings. The van der Waals surface area contributed by atoms with E-state index in [9.17, 15) is 20.1 Å². The first-order valence-corrected chi connectivity index (χ1v) is 28.6. The summed E-state index contributed by atoms with van der Waals surface area (Å²) in [6.07, 6.45) is 67.8. The highest BCUT2D eigenvalue weighted by atomic mass is 16.3. The summed E-state index contributed by atoms with van der Waals surface area (Å²) in [5.74, 6) is -0.152. The Hall–Kier alpha value is -1.17. The lowest BCUT2D eigenvalue weighted by molar-refractivity contribution is -0.124. The number of hydrogen-bond donors (Lipinski definition) is 4. The lowest BCUT2D eigenvalue weighted by Gasteiger charge is -2.26. The van der Waals surface area contributed by atoms with Gasteiger partial charge in [0.15, 0.2) is 0 Å². The Morgan fingerprint density at radius 1 is 0.381 bits per heavy atom. The minimum atomic E-state index is -1.16. The predicted molar refractivity (Wildman–Crippen MR) is 278 cm³/mol. The Morgan fingerprint density at radius 2 is 0.651 bits per heavy atom. The number of carbonyl (C=O) groups is 1. The summed E-state index contributed by atoms with van der Waals surface area (Å²) >= 11 is 0. The van der Waals surface area contributed by atoms with Crippen LogP contribution in [0.15, 0.2) is 24.3 Å². The summed E-state index contributed by atoms with van der Waals surface area (Å²) < 4.78 is 0. The fraction of sp³-hybridized carbons (Fsp3) is 0.914. The molecule has 0 saturated carbocycles. The minimum absolute atomic E-state index is 0.152. The molecular weight excluding hydrogens is 775 g/mol. The van der Waals surface area contributed by atoms with Crippen LogP contribution < -0.4 is 5.32 Å². The summed E-state index contributed by atoms with van der Waals surface area (Å²) in [7, 11) is 0. The van der Waals surface area contributed by atoms with Crippen molar-refractivity contribution in [1.82, 2.24) is 5.32 Å². The number of nitrogens with one attached hydrogen (secondary N) is 1. The van der Waals surface area contributed by atoms with Crippen LogP contribution in [0.25, 0.3) is 0 Å². The molecule has 63 heavy (non-hydrogen) atoms. The van der Waals surface area contributed by atoms with Gasteiger partial charge in [0.1, 0.15) is 6.10 Å². The van der Waals surface area contributed by atoms with E-state index in [4.69, 9.17) is 0 Å². The van der Waals surface area contributed by atoms with Crippen LogP contribution in [0.3, 0.4) is 0 Å². The van der Waals surface area contributed by atoms with E-state index in [1.54, 1.807) is 0 Å². The van der Waals surface area contributed by atoms with Gasteiger partial charge in [-0.15, -0.1) is 0 Å². The molecule has 3 unspecified atom stereocenters. The molecule has 0 radical (unpaired) electrons. The van der Waals surface area contributed by atoms with E-state index in [1.165, 1.54) is 244 Å². The number of unbranched alkanes of at least 4 members (excludes halogenated alkanes) is 41. The molecule has 0 fully saturated rings. The van der Waals surface area contributed by atoms with Crippen molar-refractivity contribution in [1.29, 1.82) is 0 Å². The maximum atomic E-state index is 12.5. The normalized spacial score (nSPS) is 13.4. The van der Waals surface area contributed by atoms with Crippen LogP contribution in [0.1, 0.15) is 316 Å². The fourth-order valence-electron chi connectivity index (χ4n) is 9.12. The molecule has 0 aliphatic heterocycles. The molecule has 374 valence electrons. The number of rotatable bonds is 53. The SMILES string of the molecule is CCCCCCCCCCC/C=C/CC/C=C/CCCC(O)C(O)C(CO)NC(=O)CCCCCCCCCCCCCCCCCCCCCCCCCCCCCCCCC. The van der Waals surface area contributed by atoms with Gasteiger partial charge < -0.3 is 20.6 Å². The first-order valence-electron chi connectivity index (χ1n) is 28.6. The van der Waals surface area contributed by atoms with Crippen molar-refractivity contribution in [2.75, 3.05) is 6.61 Å². The Morgan fingerprint density at radius 3 is 0.968 bits per heavy atom. The second kappa shape index (κ2) is 53.4. The van der Waals surface area contributed by atoms with Crippen molar-refractivity contribution in [3.63, 3.8) is 0 Å². The van der Waals surface area contributed by atoms with Crippen LogP contribution in [0.2, 0.25) is 0 Å². The molecule has 0 bridgehead atoms. The average molecular weight is 889 g/mol. The van der Waals surface area contributed by atoms with Gasteiger partial charge in [-0.3, -0.25) is 4.79 Å². The van der Waals surface area contributed by atoms with Gasteiger partial charge in [-0.25, -0.2) is 0 Å². The zero-order valence-corrected chi connectivity index (χ0v) is 42.7. The highest BCUT2D eigenvalue weighted by Gasteiger charge is 2.26. The summed E-state index contributed by atoms with van der Waals surface area (Å²) in [5, 5.41) is 33.7. The molecule has 0 rings (SSSR count). The van der Waals surface area contributed by atoms with Crippen LogP contribution in [0, 0.1) is 0 Å². The smallest absolute Gasteiger partial charge is 0.220 e. The minimum Gasteiger partial charge on any atom is -0.394 e. The van der Waals surface area contributed by atoms with Gasteiger partial charge in [0.2, 0.25) is 5.91 Å². The average Bonchev–Trinajstić information content (AvgIpc) is 3.29. The molecule has 0 aliphatic carbocycles. The standard InChI is InChI=1S/C58H113NO4/c1-3-5-7-9-11-13-15-17-19-21-23-24-25-26-27-28-29-30-31-32-33-34-35-37-39-41-43-45-47-49-51-53-57(62)59-55(54-60)58(63)56(61)52-50-48-46-44-42-40-38-36-22-20-18-16-14-12-10-8-6-4-2/h36,38,44,46,55-56,58,60-61,63H,3-35,37,39-43,45,47-54H2,1-2H3,(H,59,62)/b38-36+,46-44+. The van der Waals surface area contributed by atoms with E-state index in [2.05, 4.69) is 43.5 Å². The Labute approximate surface area is 394 Å². The predicted octanol–water partition coefficient (Wildman–Crippen LogP) is 17.7. The van der Waals surface area contributed by atoms with Gasteiger partial charge >= 0.3 is 0 Å². The largest absolute Gasteiger partial charge is 0.394 e. The molecule has 0 heterocycles. The van der Waals surface area contributed by atoms with Crippen LogP contribution in [0.5, 0.6) is 0 Å². The van der Waals surface area contributed by atoms with Crippen LogP contribution in [-0.2, 0) is 4.79 Å². The number of aliphatic hydroxyl groups is 3. The second-order valence-corrected chi connectivity index (χ2v) is 19.8. The van der Waals surface area contributed by atoms with E-state index in [1.807, 2.05) is 0 Å². The van der Waals surface area contributed by atoms with E-state index in [-0.39, 0.29) is 12.5 Å². The topological polar surface area (TPSA) is 89.8 Å². The second-order valence-electron chi connectivity index (χ2n) is 19.8. The third-order valence-corrected chi connectivity index (χ3v) is 13.5. The molecule has 0 saturated heterocycles. The monoisotopic (exact) mass is 888 g/mol. The molecule has 0 aromatic rings. The van der Waals surface area contributed by atoms with Crippen LogP contribution in [0.4, 0.5) is 0 Å². The number of amides is 1. The van der Waals surface area contributed by atoms with Crippen molar-refractivity contribution in [2.45, 2.75) is 334 Å². The van der Waals surface area contributed by atoms with Gasteiger partial charge in [0, 0.05) is 6.42 Å². The van der Waals surface area contributed by atoms with Crippen LogP contribution >= 0.6 is 0 Å². The molecule has 3 atom stereocenters. The zero-order valence-electron chi connectivity index (χ0n) is 42.7. The molecule has 0 aromatic carbocycles. The number of aliphatic hydroxyl groups excluding tert-OH is 3. The lowest BCUT2D eigenvalue weighted by atomic mass is 10.0. The Balaban J connectivity index is 3.51. The van der Waals surface area contributed by atoms with Gasteiger partial charge in [0.25, 0.3) is 0 Å². The van der Waals surface area contributed by atoms with Crippen molar-refractivity contribution >= 4 is 5.91 Å². The molecule has 4 N–H and O–H groups in total. The molecule has 5 nitrogen and oxygen atoms in total. The van der Waals surface area contributed by atoms with Crippen molar-refractivity contribution in [3.05, 3.63) is 24.3 Å². The lowest BCUT2D eigenvalue weighted by Crippen LogP contribution is -2.50. The molecular formula is C58H113NO4. The molecule has 1 amide bonds. The first-order chi connectivity index (χ1) is 31.1. The van der Waals surface area contributed by atoms with E-state index in [0.717, 1.165) is 44.9 Å². The van der Waals surface area contributed by atoms with Crippen molar-refractivity contribution < 1.29 is 20.1 Å². The van der Waals surface area contributed by atoms with Gasteiger partial charge in [0.05, 0.1) is 18.8 Å². The van der Waals surface area contributed by atoms with E-state index < -0.39 is 18.2 Å². The number of carbonyl (C=O) groups excluding carboxylic acids is 1. The molecule has 0 spiro atoms. The van der Waals surface area contributed by atoms with Gasteiger partial charge in [-0.1, -0.05) is 282 Å². The third kappa shape index (κ3) is 48.6. The maximum Gasteiger partial charge on any atom is 0.220 e. The summed E-state index contributed by atoms with van der Waals surface area (Å²) in [6.45, 7) is 4.20. The van der Waals surface area contributed by atoms with Crippen molar-refractivity contribution in [3.8, 4) is 0 Å². The quantitative estimate of drug-likeness (QED) is 0.0362. The number of allylic oxidation sites excluding steroid dienone is 4. The summed E-state index contributed by atoms with van der Waals surface area (Å²) in [5.41, 5.74) is 0. The highest BCUT2D eigenvalue weighted by Crippen LogP contribution is 2.18. The third-order valence-electron chi connectivity index (χ3n) is 13.5. The number of hydrogen-bond acceptors (Lipinski definition) is 4. The van der Waals surface area contributed by atoms with E-state index in [0.29, 0.717) is 12.8 Å².